The van der Waals surface area contributed by atoms with E-state index in [1.165, 1.54) is 13.8 Å². The summed E-state index contributed by atoms with van der Waals surface area (Å²) in [6, 6.07) is 0. The Morgan fingerprint density at radius 1 is 1.54 bits per heavy atom. The number of carboxylic acids is 1. The molecule has 0 aromatic rings. The zero-order valence-corrected chi connectivity index (χ0v) is 8.18. The van der Waals surface area contributed by atoms with E-state index in [0.717, 1.165) is 0 Å². The molecule has 0 spiro atoms. The Balaban J connectivity index is 4.34. The van der Waals surface area contributed by atoms with Gasteiger partial charge in [-0.3, -0.25) is 4.79 Å². The lowest BCUT2D eigenvalue weighted by atomic mass is 10.1. The van der Waals surface area contributed by atoms with Crippen LogP contribution in [0.5, 0.6) is 0 Å². The molecule has 0 bridgehead atoms. The predicted molar refractivity (Wildman–Crippen MR) is 46.8 cm³/mol. The van der Waals surface area contributed by atoms with E-state index < -0.39 is 17.5 Å². The molecule has 0 heterocycles. The number of thiol groups is 1. The van der Waals surface area contributed by atoms with Crippen LogP contribution in [0.4, 0.5) is 0 Å². The fraction of sp³-hybridized carbons (Fsp3) is 0.500. The van der Waals surface area contributed by atoms with Gasteiger partial charge in [-0.2, -0.15) is 12.6 Å². The monoisotopic (exact) mass is 201 g/mol. The minimum atomic E-state index is -1.50. The molecule has 0 unspecified atom stereocenters. The van der Waals surface area contributed by atoms with Crippen LogP contribution < -0.4 is 5.11 Å². The molecule has 0 aliphatic carbocycles. The third-order valence-electron chi connectivity index (χ3n) is 0.964. The Kier molecular flexibility index (Phi) is 4.35. The normalized spacial score (nSPS) is 9.77. The van der Waals surface area contributed by atoms with Gasteiger partial charge in [-0.05, 0) is 25.7 Å². The van der Waals surface area contributed by atoms with Crippen LogP contribution in [0.25, 0.3) is 0 Å². The summed E-state index contributed by atoms with van der Waals surface area (Å²) in [5.74, 6) is 1.87. The van der Waals surface area contributed by atoms with Gasteiger partial charge in [-0.15, -0.1) is 0 Å². The van der Waals surface area contributed by atoms with Crippen molar-refractivity contribution in [2.75, 3.05) is 5.75 Å². The Morgan fingerprint density at radius 3 is 2.46 bits per heavy atom. The molecule has 4 nitrogen and oxygen atoms in total. The fourth-order valence-corrected chi connectivity index (χ4v) is 0.608. The Hall–Kier alpha value is -1.15. The number of carbonyl (C=O) groups is 2. The fourth-order valence-electron chi connectivity index (χ4n) is 0.544. The second-order valence-electron chi connectivity index (χ2n) is 2.68. The largest absolute Gasteiger partial charge is 0.537 e. The summed E-state index contributed by atoms with van der Waals surface area (Å²) in [6.07, 6.45) is 0. The lowest BCUT2D eigenvalue weighted by Crippen LogP contribution is -2.28. The lowest BCUT2D eigenvalue weighted by molar-refractivity contribution is -0.296. The van der Waals surface area contributed by atoms with Gasteiger partial charge in [0.05, 0.1) is 5.75 Å². The molecule has 0 aliphatic heterocycles. The minimum absolute atomic E-state index is 0.0730. The van der Waals surface area contributed by atoms with Crippen LogP contribution >= 0.6 is 12.6 Å². The van der Waals surface area contributed by atoms with E-state index in [2.05, 4.69) is 18.5 Å². The smallest absolute Gasteiger partial charge is 0.317 e. The molecule has 0 aromatic heterocycles. The van der Waals surface area contributed by atoms with Crippen LogP contribution in [0.1, 0.15) is 13.8 Å². The molecule has 0 saturated heterocycles. The third kappa shape index (κ3) is 6.05. The summed E-state index contributed by atoms with van der Waals surface area (Å²) in [5.41, 5.74) is -1.13. The highest BCUT2D eigenvalue weighted by Crippen LogP contribution is 2.07. The van der Waals surface area contributed by atoms with E-state index in [1.807, 2.05) is 0 Å². The Morgan fingerprint density at radius 2 is 2.08 bits per heavy atom. The van der Waals surface area contributed by atoms with Gasteiger partial charge in [0.25, 0.3) is 0 Å². The van der Waals surface area contributed by atoms with Crippen molar-refractivity contribution in [3.63, 3.8) is 0 Å². The molecule has 0 aliphatic rings. The number of aliphatic carboxylic acids is 1. The zero-order chi connectivity index (χ0) is 10.5. The zero-order valence-electron chi connectivity index (χ0n) is 7.29. The van der Waals surface area contributed by atoms with Crippen molar-refractivity contribution in [1.82, 2.24) is 0 Å². The van der Waals surface area contributed by atoms with Crippen molar-refractivity contribution in [3.05, 3.63) is 0 Å². The molecule has 13 heavy (non-hydrogen) atoms. The van der Waals surface area contributed by atoms with E-state index in [0.29, 0.717) is 0 Å². The topological polar surface area (TPSA) is 66.4 Å². The number of hydrogen-bond donors (Lipinski definition) is 1. The van der Waals surface area contributed by atoms with Gasteiger partial charge < -0.3 is 14.6 Å². The van der Waals surface area contributed by atoms with Crippen molar-refractivity contribution < 1.29 is 19.4 Å². The number of ether oxygens (including phenoxy) is 1. The highest BCUT2D eigenvalue weighted by atomic mass is 32.1. The highest BCUT2D eigenvalue weighted by molar-refractivity contribution is 7.81. The Bertz CT molecular complexity index is 272. The minimum Gasteiger partial charge on any atom is -0.537 e. The maximum Gasteiger partial charge on any atom is 0.317 e. The summed E-state index contributed by atoms with van der Waals surface area (Å²) in [7, 11) is 0. The first-order chi connectivity index (χ1) is 5.87. The number of rotatable bonds is 2. The first kappa shape index (κ1) is 11.8. The van der Waals surface area contributed by atoms with E-state index in [-0.39, 0.29) is 5.75 Å². The molecule has 5 heteroatoms. The summed E-state index contributed by atoms with van der Waals surface area (Å²) in [6.45, 7) is 2.95. The quantitative estimate of drug-likeness (QED) is 0.353. The van der Waals surface area contributed by atoms with Gasteiger partial charge in [0.2, 0.25) is 0 Å². The Labute approximate surface area is 81.7 Å². The number of esters is 1. The van der Waals surface area contributed by atoms with Crippen LogP contribution in [-0.2, 0) is 14.3 Å². The molecule has 72 valence electrons. The van der Waals surface area contributed by atoms with Crippen LogP contribution in [-0.4, -0.2) is 23.3 Å². The molecule has 0 N–H and O–H groups in total. The van der Waals surface area contributed by atoms with Crippen molar-refractivity contribution >= 4 is 24.6 Å². The molecule has 0 atom stereocenters. The lowest BCUT2D eigenvalue weighted by Gasteiger charge is -2.17. The molecular formula is C8H9O4S-. The van der Waals surface area contributed by atoms with Crippen LogP contribution in [0, 0.1) is 11.8 Å². The summed E-state index contributed by atoms with van der Waals surface area (Å²) < 4.78 is 4.76. The average Bonchev–Trinajstić information content (AvgIpc) is 2.00. The second kappa shape index (κ2) is 4.77. The van der Waals surface area contributed by atoms with Gasteiger partial charge >= 0.3 is 5.97 Å². The van der Waals surface area contributed by atoms with E-state index in [9.17, 15) is 14.7 Å². The maximum atomic E-state index is 10.7. The molecule has 0 amide bonds. The van der Waals surface area contributed by atoms with Crippen molar-refractivity contribution in [1.29, 1.82) is 0 Å². The van der Waals surface area contributed by atoms with Gasteiger partial charge in [-0.25, -0.2) is 0 Å². The van der Waals surface area contributed by atoms with E-state index in [4.69, 9.17) is 4.74 Å². The number of carboxylic acid groups (broad SMARTS) is 1. The second-order valence-corrected chi connectivity index (χ2v) is 3.00. The molecule has 0 rings (SSSR count). The number of carbonyl (C=O) groups excluding carboxylic acids is 2. The molecule has 0 aromatic carbocycles. The molecular weight excluding hydrogens is 192 g/mol. The van der Waals surface area contributed by atoms with Crippen molar-refractivity contribution in [2.45, 2.75) is 19.4 Å². The average molecular weight is 201 g/mol. The molecule has 0 fully saturated rings. The van der Waals surface area contributed by atoms with Crippen LogP contribution in [0.15, 0.2) is 0 Å². The van der Waals surface area contributed by atoms with E-state index in [1.54, 1.807) is 5.92 Å². The molecule has 0 radical (unpaired) electrons. The van der Waals surface area contributed by atoms with Crippen LogP contribution in [0.3, 0.4) is 0 Å². The standard InChI is InChI=1S/C8H10O4S/c1-8(2,4-3-6(9)10)12-7(11)5-13/h13H,5H2,1-2H3,(H,9,10)/p-1. The predicted octanol–water partition coefficient (Wildman–Crippen LogP) is -1.01. The number of hydrogen-bond acceptors (Lipinski definition) is 5. The highest BCUT2D eigenvalue weighted by Gasteiger charge is 2.18. The van der Waals surface area contributed by atoms with Crippen molar-refractivity contribution in [3.8, 4) is 11.8 Å². The SMILES string of the molecule is CC(C)(C#CC(=O)[O-])OC(=O)CS. The van der Waals surface area contributed by atoms with Gasteiger partial charge in [0, 0.05) is 0 Å². The summed E-state index contributed by atoms with van der Waals surface area (Å²) in [4.78, 5) is 20.7. The van der Waals surface area contributed by atoms with E-state index >= 15 is 0 Å². The first-order valence-corrected chi connectivity index (χ1v) is 4.07. The first-order valence-electron chi connectivity index (χ1n) is 3.44. The summed E-state index contributed by atoms with van der Waals surface area (Å²) >= 11 is 3.68. The molecule has 0 saturated carbocycles. The van der Waals surface area contributed by atoms with Gasteiger partial charge in [0.15, 0.2) is 5.60 Å². The maximum absolute atomic E-state index is 10.7. The third-order valence-corrected chi connectivity index (χ3v) is 1.22. The van der Waals surface area contributed by atoms with Crippen molar-refractivity contribution in [2.24, 2.45) is 0 Å². The summed E-state index contributed by atoms with van der Waals surface area (Å²) in [5, 5.41) is 9.96. The van der Waals surface area contributed by atoms with Crippen LogP contribution in [0.2, 0.25) is 0 Å². The van der Waals surface area contributed by atoms with Gasteiger partial charge in [0.1, 0.15) is 5.97 Å². The van der Waals surface area contributed by atoms with Gasteiger partial charge in [-0.1, -0.05) is 0 Å².